The van der Waals surface area contributed by atoms with Crippen LogP contribution in [0.2, 0.25) is 0 Å². The van der Waals surface area contributed by atoms with E-state index in [2.05, 4.69) is 22.1 Å². The summed E-state index contributed by atoms with van der Waals surface area (Å²) in [7, 11) is 0. The van der Waals surface area contributed by atoms with Crippen molar-refractivity contribution in [3.05, 3.63) is 72.8 Å². The molecule has 2 aromatic heterocycles. The first-order valence-corrected chi connectivity index (χ1v) is 6.53. The first-order chi connectivity index (χ1) is 9.90. The number of aromatic nitrogens is 2. The molecule has 0 radical (unpaired) electrons. The normalized spacial score (nSPS) is 10.4. The van der Waals surface area contributed by atoms with Crippen LogP contribution in [0.1, 0.15) is 5.56 Å². The molecule has 0 aliphatic carbocycles. The van der Waals surface area contributed by atoms with Crippen LogP contribution < -0.4 is 5.73 Å². The van der Waals surface area contributed by atoms with E-state index < -0.39 is 0 Å². The molecule has 3 heteroatoms. The molecule has 0 amide bonds. The van der Waals surface area contributed by atoms with E-state index in [1.807, 2.05) is 30.3 Å². The van der Waals surface area contributed by atoms with Crippen molar-refractivity contribution in [1.29, 1.82) is 0 Å². The van der Waals surface area contributed by atoms with Gasteiger partial charge in [-0.3, -0.25) is 9.97 Å². The van der Waals surface area contributed by atoms with Crippen molar-refractivity contribution >= 4 is 0 Å². The molecule has 0 aliphatic rings. The molecule has 0 bridgehead atoms. The van der Waals surface area contributed by atoms with Crippen LogP contribution in [0.3, 0.4) is 0 Å². The van der Waals surface area contributed by atoms with Crippen LogP contribution in [-0.4, -0.2) is 9.97 Å². The Hall–Kier alpha value is -2.52. The van der Waals surface area contributed by atoms with Crippen molar-refractivity contribution in [2.24, 2.45) is 5.73 Å². The molecule has 0 saturated carbocycles. The number of hydrogen-bond acceptors (Lipinski definition) is 3. The molecule has 2 N–H and O–H groups in total. The van der Waals surface area contributed by atoms with Gasteiger partial charge in [0.1, 0.15) is 0 Å². The van der Waals surface area contributed by atoms with Crippen molar-refractivity contribution in [3.8, 4) is 22.3 Å². The van der Waals surface area contributed by atoms with Gasteiger partial charge in [0.2, 0.25) is 0 Å². The van der Waals surface area contributed by atoms with Crippen LogP contribution in [-0.2, 0) is 6.54 Å². The number of hydrogen-bond donors (Lipinski definition) is 1. The molecule has 3 nitrogen and oxygen atoms in total. The van der Waals surface area contributed by atoms with E-state index in [4.69, 9.17) is 5.73 Å². The predicted octanol–water partition coefficient (Wildman–Crippen LogP) is 3.27. The lowest BCUT2D eigenvalue weighted by Gasteiger charge is -2.14. The number of rotatable bonds is 3. The lowest BCUT2D eigenvalue weighted by atomic mass is 9.91. The second-order valence-corrected chi connectivity index (χ2v) is 4.52. The summed E-state index contributed by atoms with van der Waals surface area (Å²) in [4.78, 5) is 8.17. The number of nitrogens with zero attached hydrogens (tertiary/aromatic N) is 2. The van der Waals surface area contributed by atoms with Gasteiger partial charge in [-0.2, -0.15) is 0 Å². The van der Waals surface area contributed by atoms with Crippen molar-refractivity contribution in [2.45, 2.75) is 6.54 Å². The molecule has 0 saturated heterocycles. The Kier molecular flexibility index (Phi) is 3.52. The van der Waals surface area contributed by atoms with Gasteiger partial charge in [-0.1, -0.05) is 18.2 Å². The summed E-state index contributed by atoms with van der Waals surface area (Å²) in [6.07, 6.45) is 7.22. The zero-order valence-corrected chi connectivity index (χ0v) is 11.0. The Labute approximate surface area is 118 Å². The molecular weight excluding hydrogens is 246 g/mol. The zero-order valence-electron chi connectivity index (χ0n) is 11.0. The first-order valence-electron chi connectivity index (χ1n) is 6.53. The average molecular weight is 261 g/mol. The Morgan fingerprint density at radius 3 is 1.95 bits per heavy atom. The van der Waals surface area contributed by atoms with Gasteiger partial charge in [0.05, 0.1) is 0 Å². The average Bonchev–Trinajstić information content (AvgIpc) is 2.55. The van der Waals surface area contributed by atoms with Crippen LogP contribution in [0.15, 0.2) is 67.3 Å². The standard InChI is InChI=1S/C17H15N3/c18-12-15-2-1-3-16(13-4-8-19-9-5-13)17(15)14-6-10-20-11-7-14/h1-11H,12,18H2. The fraction of sp³-hybridized carbons (Fsp3) is 0.0588. The van der Waals surface area contributed by atoms with Gasteiger partial charge in [0.25, 0.3) is 0 Å². The van der Waals surface area contributed by atoms with E-state index in [1.54, 1.807) is 24.8 Å². The number of pyridine rings is 2. The summed E-state index contributed by atoms with van der Waals surface area (Å²) in [6, 6.07) is 14.3. The van der Waals surface area contributed by atoms with Gasteiger partial charge < -0.3 is 5.73 Å². The van der Waals surface area contributed by atoms with Gasteiger partial charge in [-0.25, -0.2) is 0 Å². The zero-order chi connectivity index (χ0) is 13.8. The molecule has 3 rings (SSSR count). The third-order valence-electron chi connectivity index (χ3n) is 3.33. The van der Waals surface area contributed by atoms with E-state index in [0.717, 1.165) is 16.7 Å². The molecule has 0 aliphatic heterocycles. The topological polar surface area (TPSA) is 51.8 Å². The molecule has 2 heterocycles. The summed E-state index contributed by atoms with van der Waals surface area (Å²) in [6.45, 7) is 0.510. The van der Waals surface area contributed by atoms with Crippen molar-refractivity contribution in [1.82, 2.24) is 9.97 Å². The van der Waals surface area contributed by atoms with E-state index in [0.29, 0.717) is 6.54 Å². The maximum atomic E-state index is 5.91. The minimum atomic E-state index is 0.510. The number of benzene rings is 1. The molecule has 0 atom stereocenters. The van der Waals surface area contributed by atoms with Gasteiger partial charge in [-0.05, 0) is 52.1 Å². The molecule has 20 heavy (non-hydrogen) atoms. The van der Waals surface area contributed by atoms with Gasteiger partial charge in [0, 0.05) is 31.3 Å². The molecular formula is C17H15N3. The van der Waals surface area contributed by atoms with Gasteiger partial charge in [-0.15, -0.1) is 0 Å². The fourth-order valence-corrected chi connectivity index (χ4v) is 2.40. The SMILES string of the molecule is NCc1cccc(-c2ccncc2)c1-c1ccncc1. The summed E-state index contributed by atoms with van der Waals surface area (Å²) in [5.41, 5.74) is 11.6. The molecule has 0 spiro atoms. The second-order valence-electron chi connectivity index (χ2n) is 4.52. The van der Waals surface area contributed by atoms with Crippen molar-refractivity contribution in [3.63, 3.8) is 0 Å². The Morgan fingerprint density at radius 1 is 0.750 bits per heavy atom. The van der Waals surface area contributed by atoms with Crippen LogP contribution >= 0.6 is 0 Å². The van der Waals surface area contributed by atoms with Crippen LogP contribution in [0.5, 0.6) is 0 Å². The van der Waals surface area contributed by atoms with Crippen LogP contribution in [0.4, 0.5) is 0 Å². The van der Waals surface area contributed by atoms with Crippen LogP contribution in [0.25, 0.3) is 22.3 Å². The van der Waals surface area contributed by atoms with E-state index in [-0.39, 0.29) is 0 Å². The first kappa shape index (κ1) is 12.5. The third-order valence-corrected chi connectivity index (χ3v) is 3.33. The minimum Gasteiger partial charge on any atom is -0.326 e. The number of nitrogens with two attached hydrogens (primary N) is 1. The fourth-order valence-electron chi connectivity index (χ4n) is 2.40. The Bertz CT molecular complexity index is 694. The summed E-state index contributed by atoms with van der Waals surface area (Å²) < 4.78 is 0. The molecule has 3 aromatic rings. The highest BCUT2D eigenvalue weighted by molar-refractivity contribution is 5.85. The van der Waals surface area contributed by atoms with Crippen molar-refractivity contribution < 1.29 is 0 Å². The molecule has 0 unspecified atom stereocenters. The lowest BCUT2D eigenvalue weighted by molar-refractivity contribution is 1.07. The highest BCUT2D eigenvalue weighted by atomic mass is 14.6. The second kappa shape index (κ2) is 5.63. The summed E-state index contributed by atoms with van der Waals surface area (Å²) in [5, 5.41) is 0. The summed E-state index contributed by atoms with van der Waals surface area (Å²) >= 11 is 0. The molecule has 98 valence electrons. The van der Waals surface area contributed by atoms with E-state index >= 15 is 0 Å². The van der Waals surface area contributed by atoms with Gasteiger partial charge >= 0.3 is 0 Å². The Balaban J connectivity index is 2.26. The maximum absolute atomic E-state index is 5.91. The summed E-state index contributed by atoms with van der Waals surface area (Å²) in [5.74, 6) is 0. The van der Waals surface area contributed by atoms with E-state index in [9.17, 15) is 0 Å². The Morgan fingerprint density at radius 2 is 1.35 bits per heavy atom. The van der Waals surface area contributed by atoms with Crippen LogP contribution in [0, 0.1) is 0 Å². The largest absolute Gasteiger partial charge is 0.326 e. The van der Waals surface area contributed by atoms with E-state index in [1.165, 1.54) is 11.1 Å². The third kappa shape index (κ3) is 2.31. The highest BCUT2D eigenvalue weighted by Gasteiger charge is 2.11. The maximum Gasteiger partial charge on any atom is 0.0273 e. The quantitative estimate of drug-likeness (QED) is 0.787. The van der Waals surface area contributed by atoms with Gasteiger partial charge in [0.15, 0.2) is 0 Å². The smallest absolute Gasteiger partial charge is 0.0273 e. The molecule has 1 aromatic carbocycles. The minimum absolute atomic E-state index is 0.510. The molecule has 0 fully saturated rings. The predicted molar refractivity (Wildman–Crippen MR) is 80.8 cm³/mol. The lowest BCUT2D eigenvalue weighted by Crippen LogP contribution is -2.00. The van der Waals surface area contributed by atoms with Crippen molar-refractivity contribution in [2.75, 3.05) is 0 Å². The highest BCUT2D eigenvalue weighted by Crippen LogP contribution is 2.34. The monoisotopic (exact) mass is 261 g/mol.